The predicted molar refractivity (Wildman–Crippen MR) is 213 cm³/mol. The van der Waals surface area contributed by atoms with Crippen LogP contribution in [0.4, 0.5) is 13.2 Å². The van der Waals surface area contributed by atoms with Crippen molar-refractivity contribution in [2.75, 3.05) is 13.1 Å². The molecule has 8 nitrogen and oxygen atoms in total. The smallest absolute Gasteiger partial charge is 0.241 e. The average Bonchev–Trinajstić information content (AvgIpc) is 3.76. The predicted octanol–water partition coefficient (Wildman–Crippen LogP) is 7.83. The summed E-state index contributed by atoms with van der Waals surface area (Å²) in [5.74, 6) is -1.80. The van der Waals surface area contributed by atoms with Gasteiger partial charge in [-0.05, 0) is 110 Å². The normalized spacial score (nSPS) is 23.8. The minimum absolute atomic E-state index is 0.0751. The number of fused-ring (bicyclic) bond motifs is 4. The number of nitrogens with two attached hydrogens (primary N) is 2. The molecule has 0 radical (unpaired) electrons. The number of nitrogens with zero attached hydrogens (tertiary/aromatic N) is 4. The minimum Gasteiger partial charge on any atom is -0.330 e. The van der Waals surface area contributed by atoms with Crippen LogP contribution >= 0.6 is 23.5 Å². The topological polar surface area (TPSA) is 117 Å². The van der Waals surface area contributed by atoms with Gasteiger partial charge in [-0.15, -0.1) is 0 Å². The van der Waals surface area contributed by atoms with Gasteiger partial charge in [-0.3, -0.25) is 9.59 Å². The zero-order chi connectivity index (χ0) is 38.9. The third kappa shape index (κ3) is 6.89. The van der Waals surface area contributed by atoms with E-state index in [1.807, 2.05) is 30.3 Å². The highest BCUT2D eigenvalue weighted by Gasteiger charge is 2.56. The van der Waals surface area contributed by atoms with Crippen LogP contribution in [-0.2, 0) is 32.2 Å². The first-order valence-corrected chi connectivity index (χ1v) is 20.1. The highest BCUT2D eigenvalue weighted by atomic mass is 32.2. The van der Waals surface area contributed by atoms with Crippen molar-refractivity contribution in [3.05, 3.63) is 142 Å². The maximum Gasteiger partial charge on any atom is 0.241 e. The summed E-state index contributed by atoms with van der Waals surface area (Å²) in [5, 5.41) is 13.1. The van der Waals surface area contributed by atoms with E-state index in [1.54, 1.807) is 23.2 Å². The maximum atomic E-state index is 14.5. The van der Waals surface area contributed by atoms with E-state index in [0.29, 0.717) is 28.7 Å². The first-order valence-electron chi connectivity index (χ1n) is 18.5. The molecule has 2 amide bonds. The highest BCUT2D eigenvalue weighted by molar-refractivity contribution is 8.15. The molecule has 4 atom stereocenters. The van der Waals surface area contributed by atoms with E-state index in [4.69, 9.17) is 11.5 Å². The molecule has 4 N–H and O–H groups in total. The lowest BCUT2D eigenvalue weighted by molar-refractivity contribution is -0.135. The fourth-order valence-electron chi connectivity index (χ4n) is 8.48. The molecule has 0 aromatic heterocycles. The van der Waals surface area contributed by atoms with Crippen LogP contribution < -0.4 is 11.5 Å². The minimum atomic E-state index is -0.768. The molecule has 2 heterocycles. The van der Waals surface area contributed by atoms with Gasteiger partial charge < -0.3 is 11.5 Å². The van der Waals surface area contributed by atoms with Crippen LogP contribution in [-0.4, -0.2) is 45.0 Å². The van der Waals surface area contributed by atoms with Gasteiger partial charge in [-0.2, -0.15) is 10.2 Å². The molecule has 2 spiro atoms. The molecule has 0 saturated heterocycles. The molecular weight excluding hydrogens is 742 g/mol. The molecule has 4 aliphatic rings. The van der Waals surface area contributed by atoms with Gasteiger partial charge in [0.05, 0.1) is 0 Å². The number of carbonyl (C=O) groups is 2. The van der Waals surface area contributed by atoms with Crippen LogP contribution in [0.3, 0.4) is 0 Å². The van der Waals surface area contributed by atoms with Crippen LogP contribution in [0.25, 0.3) is 0 Å². The standard InChI is InChI=1S/C21H21F2N3OS.C21H22FN3OS/c1-13(27)26-21(28-20(25-26)17-9-8-16(22)12-19(17)23)15(10-11-24)7-6-14-4-2-3-5-18(14)21;1-14(26)25-21(27-20(24-25)17-7-3-5-9-19(17)22)16(12-13-23)11-10-15-6-2-4-8-18(15)21/h2-5,8-9,12,15H,6-7,10-11,24H2,1H3;2-9,16H,10-13,23H2,1H3/t15-,21+;16-,21+/m01/s1. The van der Waals surface area contributed by atoms with Crippen molar-refractivity contribution in [3.8, 4) is 0 Å². The van der Waals surface area contributed by atoms with E-state index in [-0.39, 0.29) is 35.0 Å². The monoisotopic (exact) mass is 784 g/mol. The number of benzene rings is 4. The molecule has 2 aliphatic heterocycles. The summed E-state index contributed by atoms with van der Waals surface area (Å²) in [6.07, 6.45) is 5.13. The lowest BCUT2D eigenvalue weighted by Gasteiger charge is -2.45. The van der Waals surface area contributed by atoms with Gasteiger partial charge in [0, 0.05) is 31.0 Å². The Morgan fingerprint density at radius 3 is 1.58 bits per heavy atom. The first kappa shape index (κ1) is 38.8. The van der Waals surface area contributed by atoms with Crippen molar-refractivity contribution < 1.29 is 22.8 Å². The highest BCUT2D eigenvalue weighted by Crippen LogP contribution is 2.58. The van der Waals surface area contributed by atoms with Gasteiger partial charge in [0.25, 0.3) is 0 Å². The summed E-state index contributed by atoms with van der Waals surface area (Å²) in [4.78, 5) is 23.8. The van der Waals surface area contributed by atoms with Crippen LogP contribution in [0.2, 0.25) is 0 Å². The summed E-state index contributed by atoms with van der Waals surface area (Å²) in [7, 11) is 0. The summed E-state index contributed by atoms with van der Waals surface area (Å²) in [6.45, 7) is 4.01. The van der Waals surface area contributed by atoms with Crippen molar-refractivity contribution in [2.24, 2.45) is 33.5 Å². The summed E-state index contributed by atoms with van der Waals surface area (Å²) < 4.78 is 42.3. The Bertz CT molecular complexity index is 2180. The fourth-order valence-corrected chi connectivity index (χ4v) is 11.8. The van der Waals surface area contributed by atoms with Gasteiger partial charge in [-0.25, -0.2) is 23.2 Å². The largest absolute Gasteiger partial charge is 0.330 e. The number of rotatable bonds is 6. The number of hydrogen-bond acceptors (Lipinski definition) is 8. The Morgan fingerprint density at radius 1 is 0.673 bits per heavy atom. The van der Waals surface area contributed by atoms with Crippen molar-refractivity contribution in [2.45, 2.75) is 62.1 Å². The second kappa shape index (κ2) is 16.0. The number of halogens is 3. The van der Waals surface area contributed by atoms with E-state index in [1.165, 1.54) is 66.1 Å². The second-order valence-corrected chi connectivity index (χ2v) is 16.5. The summed E-state index contributed by atoms with van der Waals surface area (Å²) in [5.41, 5.74) is 16.9. The fraction of sp³-hybridized carbons (Fsp3) is 0.333. The number of hydrogen-bond donors (Lipinski definition) is 2. The number of thioether (sulfide) groups is 2. The molecule has 13 heteroatoms. The Hall–Kier alpha value is -4.43. The summed E-state index contributed by atoms with van der Waals surface area (Å²) >= 11 is 2.86. The number of carbonyl (C=O) groups excluding carboxylic acids is 2. The molecule has 55 heavy (non-hydrogen) atoms. The average molecular weight is 785 g/mol. The molecular formula is C42H43F3N6O2S2. The molecule has 286 valence electrons. The molecule has 0 unspecified atom stereocenters. The van der Waals surface area contributed by atoms with E-state index in [9.17, 15) is 22.8 Å². The van der Waals surface area contributed by atoms with Gasteiger partial charge in [0.2, 0.25) is 11.8 Å². The SMILES string of the molecule is CC(=O)N1N=C(c2ccc(F)cc2F)S[C@]12c1ccccc1CC[C@H]2CCN.CC(=O)N1N=C(c2ccccc2F)S[C@@]12c1ccccc1CC[C@@H]2CCN. The van der Waals surface area contributed by atoms with Crippen LogP contribution in [0.5, 0.6) is 0 Å². The van der Waals surface area contributed by atoms with Crippen molar-refractivity contribution in [1.82, 2.24) is 10.0 Å². The van der Waals surface area contributed by atoms with Gasteiger partial charge in [0.15, 0.2) is 0 Å². The van der Waals surface area contributed by atoms with Gasteiger partial charge in [0.1, 0.15) is 37.3 Å². The maximum absolute atomic E-state index is 14.5. The molecule has 0 saturated carbocycles. The third-order valence-corrected chi connectivity index (χ3v) is 13.9. The van der Waals surface area contributed by atoms with E-state index >= 15 is 0 Å². The second-order valence-electron chi connectivity index (χ2n) is 14.1. The molecule has 2 aliphatic carbocycles. The van der Waals surface area contributed by atoms with Crippen LogP contribution in [0.15, 0.2) is 101 Å². The first-order chi connectivity index (χ1) is 26.5. The Morgan fingerprint density at radius 2 is 1.13 bits per heavy atom. The zero-order valence-corrected chi connectivity index (χ0v) is 32.3. The van der Waals surface area contributed by atoms with Crippen LogP contribution in [0, 0.1) is 29.3 Å². The quantitative estimate of drug-likeness (QED) is 0.206. The van der Waals surface area contributed by atoms with Gasteiger partial charge in [-0.1, -0.05) is 84.2 Å². The van der Waals surface area contributed by atoms with Crippen LogP contribution in [0.1, 0.15) is 72.9 Å². The van der Waals surface area contributed by atoms with E-state index < -0.39 is 21.4 Å². The Balaban J connectivity index is 0.000000169. The molecule has 0 bridgehead atoms. The van der Waals surface area contributed by atoms with Crippen molar-refractivity contribution in [3.63, 3.8) is 0 Å². The lowest BCUT2D eigenvalue weighted by atomic mass is 9.77. The van der Waals surface area contributed by atoms with E-state index in [0.717, 1.165) is 61.3 Å². The molecule has 8 rings (SSSR count). The van der Waals surface area contributed by atoms with Gasteiger partial charge >= 0.3 is 0 Å². The lowest BCUT2D eigenvalue weighted by Crippen LogP contribution is -2.49. The Kier molecular flexibility index (Phi) is 11.3. The van der Waals surface area contributed by atoms with Crippen molar-refractivity contribution in [1.29, 1.82) is 0 Å². The summed E-state index contributed by atoms with van der Waals surface area (Å²) in [6, 6.07) is 26.2. The third-order valence-electron chi connectivity index (χ3n) is 10.8. The van der Waals surface area contributed by atoms with E-state index in [2.05, 4.69) is 28.4 Å². The zero-order valence-electron chi connectivity index (χ0n) is 30.7. The molecule has 4 aromatic rings. The number of amides is 2. The number of aryl methyl sites for hydroxylation is 2. The Labute approximate surface area is 327 Å². The molecule has 4 aromatic carbocycles. The molecule has 0 fully saturated rings. The van der Waals surface area contributed by atoms with Crippen molar-refractivity contribution >= 4 is 45.4 Å². The number of hydrazone groups is 2.